The van der Waals surface area contributed by atoms with Gasteiger partial charge in [0.2, 0.25) is 106 Å². The summed E-state index contributed by atoms with van der Waals surface area (Å²) in [6, 6.07) is -25.2. The van der Waals surface area contributed by atoms with Gasteiger partial charge < -0.3 is 123 Å². The molecule has 0 aliphatic carbocycles. The molecule has 16 atom stereocenters. The largest absolute Gasteiger partial charge is 0.481 e. The van der Waals surface area contributed by atoms with Gasteiger partial charge in [-0.2, -0.15) is 0 Å². The molecule has 5 heterocycles. The molecule has 1 unspecified atom stereocenters. The van der Waals surface area contributed by atoms with Crippen molar-refractivity contribution < 1.29 is 101 Å². The van der Waals surface area contributed by atoms with Crippen LogP contribution in [0.1, 0.15) is 98.1 Å². The Morgan fingerprint density at radius 1 is 0.545 bits per heavy atom. The highest BCUT2D eigenvalue weighted by atomic mass is 33.1. The van der Waals surface area contributed by atoms with Crippen molar-refractivity contribution in [3.63, 3.8) is 0 Å². The molecule has 0 radical (unpaired) electrons. The number of carboxylic acid groups (broad SMARTS) is 1. The average Bonchev–Trinajstić information content (AvgIpc) is 1.62. The minimum absolute atomic E-state index is 0.0471. The van der Waals surface area contributed by atoms with Gasteiger partial charge in [0, 0.05) is 54.4 Å². The number of carbonyl (C=O) groups is 19. The van der Waals surface area contributed by atoms with Crippen molar-refractivity contribution in [1.82, 2.24) is 88.9 Å². The molecule has 0 saturated carbocycles. The number of nitrogens with one attached hydrogen (secondary N) is 14. The number of imidazole rings is 1. The van der Waals surface area contributed by atoms with Gasteiger partial charge in [0.05, 0.1) is 38.7 Å². The average molecular weight is 1630 g/mol. The number of nitrogens with two attached hydrogens (primary N) is 5. The molecule has 4 aliphatic heterocycles. The number of hydrogen-bond donors (Lipinski definition) is 21. The Hall–Kier alpha value is -9.58. The normalized spacial score (nSPS) is 28.5. The van der Waals surface area contributed by atoms with E-state index in [2.05, 4.69) is 79.1 Å². The van der Waals surface area contributed by atoms with Crippen LogP contribution in [0.5, 0.6) is 0 Å². The Morgan fingerprint density at radius 2 is 1.02 bits per heavy atom. The van der Waals surface area contributed by atoms with Gasteiger partial charge in [-0.1, -0.05) is 77.3 Å². The summed E-state index contributed by atoms with van der Waals surface area (Å²) in [6.45, 7) is 4.86. The zero-order chi connectivity index (χ0) is 81.8. The van der Waals surface area contributed by atoms with Crippen LogP contribution in [0, 0.1) is 11.8 Å². The Labute approximate surface area is 646 Å². The highest BCUT2D eigenvalue weighted by molar-refractivity contribution is 8.77. The SMILES string of the molecule is CC[C@H](C)[C@@H]1NC(=O)[C@H](CC(=O)O)NC(=O)[C@@H]2CCCN2C(=O)[C@H](CC(N)=O)NC(=O)[C@H](CC(N)=O)NC(=O)[C@H](C(C)C)NC(=O)C(CCN)NC(=O)[C@@H]2CSSC[C@H](NC(=O)CN)C(=O)N[C@@H](CSSC[C@@H](C(N)=O)NC1=O)C(=O)N[C@@H](CO)C(=O)N[C@@H](Cc1cnc[nH]1)C(=O)N1CCC[C@H]1C(=O)N[C@@H](C)C(=O)N2. The van der Waals surface area contributed by atoms with Gasteiger partial charge in [-0.3, -0.25) is 91.1 Å². The van der Waals surface area contributed by atoms with E-state index in [9.17, 15) is 101 Å². The highest BCUT2D eigenvalue weighted by Crippen LogP contribution is 2.27. The predicted molar refractivity (Wildman–Crippen MR) is 396 cm³/mol. The summed E-state index contributed by atoms with van der Waals surface area (Å²) in [5, 5.41) is 52.4. The number of aromatic nitrogens is 2. The number of nitrogens with zero attached hydrogens (tertiary/aromatic N) is 3. The zero-order valence-corrected chi connectivity index (χ0v) is 64.2. The Morgan fingerprint density at radius 3 is 1.55 bits per heavy atom. The van der Waals surface area contributed by atoms with Gasteiger partial charge in [0.15, 0.2) is 0 Å². The number of aliphatic carboxylic acids is 1. The summed E-state index contributed by atoms with van der Waals surface area (Å²) in [5.74, 6) is -24.9. The van der Waals surface area contributed by atoms with Crippen LogP contribution >= 0.6 is 43.2 Å². The number of H-pyrrole nitrogens is 1. The molecule has 47 heteroatoms. The van der Waals surface area contributed by atoms with E-state index in [4.69, 9.17) is 28.7 Å². The van der Waals surface area contributed by atoms with Crippen LogP contribution < -0.4 is 97.8 Å². The Bertz CT molecular complexity index is 3550. The van der Waals surface area contributed by atoms with E-state index < -0.39 is 270 Å². The molecule has 5 rings (SSSR count). The van der Waals surface area contributed by atoms with Crippen molar-refractivity contribution >= 4 is 155 Å². The van der Waals surface area contributed by atoms with E-state index in [1.165, 1.54) is 40.2 Å². The van der Waals surface area contributed by atoms with Gasteiger partial charge >= 0.3 is 5.97 Å². The fourth-order valence-corrected chi connectivity index (χ4v) is 16.3. The van der Waals surface area contributed by atoms with Crippen molar-refractivity contribution in [3.05, 3.63) is 18.2 Å². The van der Waals surface area contributed by atoms with E-state index in [0.29, 0.717) is 5.69 Å². The van der Waals surface area contributed by atoms with Gasteiger partial charge in [0.1, 0.15) is 90.6 Å². The zero-order valence-electron chi connectivity index (χ0n) is 60.9. The molecule has 4 saturated heterocycles. The number of aromatic amines is 1. The number of fused-ring (bicyclic) bond motifs is 10. The van der Waals surface area contributed by atoms with Crippen LogP contribution in [0.4, 0.5) is 0 Å². The van der Waals surface area contributed by atoms with Crippen LogP contribution in [0.25, 0.3) is 0 Å². The number of primary amides is 3. The minimum Gasteiger partial charge on any atom is -0.481 e. The monoisotopic (exact) mass is 1630 g/mol. The maximum absolute atomic E-state index is 14.7. The summed E-state index contributed by atoms with van der Waals surface area (Å²) >= 11 is 0. The van der Waals surface area contributed by atoms with E-state index in [0.717, 1.165) is 53.0 Å². The molecule has 26 N–H and O–H groups in total. The summed E-state index contributed by atoms with van der Waals surface area (Å²) < 4.78 is 0. The number of rotatable bonds is 17. The first-order valence-corrected chi connectivity index (χ1v) is 40.1. The lowest BCUT2D eigenvalue weighted by molar-refractivity contribution is -0.145. The maximum atomic E-state index is 14.7. The molecule has 1 aromatic heterocycles. The highest BCUT2D eigenvalue weighted by Gasteiger charge is 2.44. The first kappa shape index (κ1) is 91.0. The summed E-state index contributed by atoms with van der Waals surface area (Å²) in [5.41, 5.74) is 28.8. The summed E-state index contributed by atoms with van der Waals surface area (Å²) in [4.78, 5) is 274. The van der Waals surface area contributed by atoms with Crippen LogP contribution in [0.15, 0.2) is 12.5 Å². The topological polar surface area (TPSA) is 686 Å². The van der Waals surface area contributed by atoms with E-state index in [1.54, 1.807) is 6.92 Å². The summed E-state index contributed by atoms with van der Waals surface area (Å²) in [7, 11) is 3.18. The number of carboxylic acids is 1. The fourth-order valence-electron chi connectivity index (χ4n) is 11.7. The number of carbonyl (C=O) groups excluding carboxylic acids is 18. The molecule has 610 valence electrons. The fraction of sp³-hybridized carbons (Fsp3) is 0.651. The van der Waals surface area contributed by atoms with Gasteiger partial charge in [-0.25, -0.2) is 4.98 Å². The molecule has 18 amide bonds. The smallest absolute Gasteiger partial charge is 0.305 e. The minimum atomic E-state index is -1.99. The standard InChI is InChI=1S/C63H98N22O21S4/c1-6-28(4)48-61(104)79-37(49(68)92)22-107-109-25-40-57(100)78-36(21-86)54(97)76-34(15-30-20-69-26-70-30)62(105)84-13-7-9-41(84)58(101)71-29(5)50(93)80-39(24-110-108-23-38(55(98)81-40)72-45(89)19-65)56(99)73-31(11-12-64)51(94)82-47(27(2)3)60(103)75-32(16-43(66)87)52(95)77-35(17-44(67)88)63(106)85-14-8-10-42(85)59(102)74-33(18-46(90)91)53(96)83-48/h20,26-29,31-42,47-48,86H,6-19,21-25,64-65H2,1-5H3,(H2,66,87)(H2,67,88)(H2,68,92)(H,69,70)(H,71,101)(H,72,89)(H,73,99)(H,74,102)(H,75,103)(H,76,97)(H,77,95)(H,78,100)(H,79,104)(H,80,93)(H,81,98)(H,82,94)(H,83,96)(H,90,91)/t28-,29-,31?,32-,33-,34-,35-,36-,37-,38-,39-,40-,41-,42-,47-,48-/m0/s1. The van der Waals surface area contributed by atoms with E-state index >= 15 is 0 Å². The first-order valence-electron chi connectivity index (χ1n) is 35.1. The Balaban J connectivity index is 1.66. The number of aliphatic hydroxyl groups is 1. The molecule has 4 aliphatic rings. The van der Waals surface area contributed by atoms with Crippen molar-refractivity contribution in [1.29, 1.82) is 0 Å². The second kappa shape index (κ2) is 44.3. The van der Waals surface area contributed by atoms with Crippen molar-refractivity contribution in [3.8, 4) is 0 Å². The lowest BCUT2D eigenvalue weighted by Crippen LogP contribution is -2.62. The lowest BCUT2D eigenvalue weighted by atomic mass is 9.97. The molecule has 4 fully saturated rings. The molecule has 2 bridgehead atoms. The third-order valence-corrected chi connectivity index (χ3v) is 22.7. The van der Waals surface area contributed by atoms with E-state index in [1.807, 2.05) is 0 Å². The predicted octanol–water partition coefficient (Wildman–Crippen LogP) is -10.2. The van der Waals surface area contributed by atoms with Crippen LogP contribution in [0.2, 0.25) is 0 Å². The maximum Gasteiger partial charge on any atom is 0.305 e. The van der Waals surface area contributed by atoms with Crippen molar-refractivity contribution in [2.24, 2.45) is 40.5 Å². The number of aliphatic hydroxyl groups excluding tert-OH is 1. The van der Waals surface area contributed by atoms with E-state index in [-0.39, 0.29) is 64.6 Å². The van der Waals surface area contributed by atoms with Gasteiger partial charge in [-0.15, -0.1) is 0 Å². The molecule has 1 aromatic rings. The quantitative estimate of drug-likeness (QED) is 0.0644. The van der Waals surface area contributed by atoms with Gasteiger partial charge in [0.25, 0.3) is 0 Å². The van der Waals surface area contributed by atoms with Crippen molar-refractivity contribution in [2.75, 3.05) is 55.8 Å². The third kappa shape index (κ3) is 27.5. The van der Waals surface area contributed by atoms with Crippen LogP contribution in [0.3, 0.4) is 0 Å². The van der Waals surface area contributed by atoms with Crippen LogP contribution in [-0.4, -0.2) is 289 Å². The molecular formula is C63H98N22O21S4. The molecule has 0 spiro atoms. The second-order valence-electron chi connectivity index (χ2n) is 26.6. The number of amides is 18. The second-order valence-corrected chi connectivity index (χ2v) is 31.7. The van der Waals surface area contributed by atoms with Crippen LogP contribution in [-0.2, 0) is 97.5 Å². The lowest BCUT2D eigenvalue weighted by Gasteiger charge is -2.31. The van der Waals surface area contributed by atoms with Gasteiger partial charge in [-0.05, 0) is 57.4 Å². The molecular weight excluding hydrogens is 1530 g/mol. The molecule has 110 heavy (non-hydrogen) atoms. The third-order valence-electron chi connectivity index (χ3n) is 17.9. The summed E-state index contributed by atoms with van der Waals surface area (Å²) in [6.07, 6.45) is -0.732. The first-order chi connectivity index (χ1) is 52.0. The van der Waals surface area contributed by atoms with Crippen molar-refractivity contribution in [2.45, 2.75) is 189 Å². The Kier molecular flexibility index (Phi) is 36.7. The molecule has 0 aromatic carbocycles. The number of hydrogen-bond acceptors (Lipinski definition) is 27. The molecule has 43 nitrogen and oxygen atoms in total.